The van der Waals surface area contributed by atoms with Crippen LogP contribution in [0.2, 0.25) is 0 Å². The van der Waals surface area contributed by atoms with Gasteiger partial charge in [-0.2, -0.15) is 26.3 Å². The van der Waals surface area contributed by atoms with Crippen molar-refractivity contribution in [3.63, 3.8) is 0 Å². The lowest BCUT2D eigenvalue weighted by molar-refractivity contribution is -0.138. The van der Waals surface area contributed by atoms with Crippen molar-refractivity contribution in [2.75, 3.05) is 31.5 Å². The zero-order valence-corrected chi connectivity index (χ0v) is 17.3. The molecule has 1 atom stereocenters. The number of halogens is 6. The summed E-state index contributed by atoms with van der Waals surface area (Å²) in [4.78, 5) is 16.5. The quantitative estimate of drug-likeness (QED) is 0.649. The number of carbonyl (C=O) groups is 1. The third-order valence-electron chi connectivity index (χ3n) is 5.51. The lowest BCUT2D eigenvalue weighted by Gasteiger charge is -2.37. The first-order valence-electron chi connectivity index (χ1n) is 10.0. The first-order valence-corrected chi connectivity index (χ1v) is 10.0. The Kier molecular flexibility index (Phi) is 7.14. The highest BCUT2D eigenvalue weighted by molar-refractivity contribution is 5.95. The van der Waals surface area contributed by atoms with E-state index in [9.17, 15) is 31.1 Å². The maximum atomic E-state index is 13.1. The van der Waals surface area contributed by atoms with E-state index in [-0.39, 0.29) is 5.69 Å². The van der Waals surface area contributed by atoms with E-state index in [4.69, 9.17) is 0 Å². The summed E-state index contributed by atoms with van der Waals surface area (Å²) in [5, 5.41) is 2.38. The maximum absolute atomic E-state index is 13.1. The highest BCUT2D eigenvalue weighted by Crippen LogP contribution is 2.34. The summed E-state index contributed by atoms with van der Waals surface area (Å²) in [7, 11) is 0. The van der Waals surface area contributed by atoms with E-state index in [1.807, 2.05) is 4.90 Å². The highest BCUT2D eigenvalue weighted by Gasteiger charge is 2.34. The number of hydrogen-bond donors (Lipinski definition) is 1. The second-order valence-electron chi connectivity index (χ2n) is 7.72. The second kappa shape index (κ2) is 9.50. The third-order valence-corrected chi connectivity index (χ3v) is 5.51. The van der Waals surface area contributed by atoms with Gasteiger partial charge in [0.25, 0.3) is 0 Å². The molecule has 0 radical (unpaired) electrons. The van der Waals surface area contributed by atoms with Crippen molar-refractivity contribution in [1.29, 1.82) is 0 Å². The number of benzene rings is 2. The van der Waals surface area contributed by atoms with Gasteiger partial charge >= 0.3 is 12.4 Å². The molecule has 0 bridgehead atoms. The van der Waals surface area contributed by atoms with Crippen LogP contribution >= 0.6 is 0 Å². The molecule has 3 rings (SSSR count). The van der Waals surface area contributed by atoms with Gasteiger partial charge in [-0.3, -0.25) is 14.6 Å². The summed E-state index contributed by atoms with van der Waals surface area (Å²) in [6.07, 6.45) is -8.95. The van der Waals surface area contributed by atoms with Crippen LogP contribution in [-0.2, 0) is 23.7 Å². The number of alkyl halides is 6. The molecule has 1 aliphatic rings. The highest BCUT2D eigenvalue weighted by atomic mass is 19.4. The average molecular weight is 459 g/mol. The van der Waals surface area contributed by atoms with Gasteiger partial charge in [0.05, 0.1) is 22.9 Å². The third kappa shape index (κ3) is 6.01. The average Bonchev–Trinajstić information content (AvgIpc) is 2.73. The molecule has 0 spiro atoms. The number of hydrogen-bond acceptors (Lipinski definition) is 3. The van der Waals surface area contributed by atoms with Crippen molar-refractivity contribution in [2.45, 2.75) is 31.9 Å². The van der Waals surface area contributed by atoms with Crippen molar-refractivity contribution in [3.05, 3.63) is 65.2 Å². The van der Waals surface area contributed by atoms with Crippen LogP contribution in [0.1, 0.15) is 23.6 Å². The van der Waals surface area contributed by atoms with Crippen LogP contribution in [0.15, 0.2) is 48.5 Å². The Hall–Kier alpha value is -2.59. The normalized spacial score (nSPS) is 17.2. The summed E-state index contributed by atoms with van der Waals surface area (Å²) in [6, 6.07) is 9.19. The second-order valence-corrected chi connectivity index (χ2v) is 7.72. The van der Waals surface area contributed by atoms with E-state index < -0.39 is 35.4 Å². The SMILES string of the molecule is CC(C(=O)Nc1ccccc1C(F)(F)F)N1CCN(Cc2ccc(C(F)(F)F)cc2)CC1. The van der Waals surface area contributed by atoms with Gasteiger partial charge in [-0.15, -0.1) is 0 Å². The topological polar surface area (TPSA) is 35.6 Å². The van der Waals surface area contributed by atoms with Crippen molar-refractivity contribution >= 4 is 11.6 Å². The molecule has 1 amide bonds. The maximum Gasteiger partial charge on any atom is 0.418 e. The van der Waals surface area contributed by atoms with E-state index in [1.54, 1.807) is 6.92 Å². The fourth-order valence-electron chi connectivity index (χ4n) is 3.61. The number of para-hydroxylation sites is 1. The van der Waals surface area contributed by atoms with Gasteiger partial charge in [-0.05, 0) is 36.8 Å². The Balaban J connectivity index is 1.53. The zero-order chi connectivity index (χ0) is 23.5. The lowest BCUT2D eigenvalue weighted by Crippen LogP contribution is -2.52. The Morgan fingerprint density at radius 3 is 2.06 bits per heavy atom. The zero-order valence-electron chi connectivity index (χ0n) is 17.3. The Morgan fingerprint density at radius 1 is 0.906 bits per heavy atom. The molecule has 10 heteroatoms. The predicted molar refractivity (Wildman–Crippen MR) is 108 cm³/mol. The molecule has 1 fully saturated rings. The fraction of sp³-hybridized carbons (Fsp3) is 0.409. The minimum absolute atomic E-state index is 0.280. The van der Waals surface area contributed by atoms with Crippen LogP contribution in [-0.4, -0.2) is 47.9 Å². The van der Waals surface area contributed by atoms with Gasteiger partial charge in [0.1, 0.15) is 0 Å². The standard InChI is InChI=1S/C22H23F6N3O/c1-15(20(32)29-19-5-3-2-4-18(19)22(26,27)28)31-12-10-30(11-13-31)14-16-6-8-17(9-7-16)21(23,24)25/h2-9,15H,10-14H2,1H3,(H,29,32). The minimum atomic E-state index is -4.57. The molecule has 0 saturated carbocycles. The van der Waals surface area contributed by atoms with E-state index in [0.29, 0.717) is 32.7 Å². The smallest absolute Gasteiger partial charge is 0.324 e. The van der Waals surface area contributed by atoms with Gasteiger partial charge in [0.15, 0.2) is 0 Å². The van der Waals surface area contributed by atoms with Crippen LogP contribution in [0, 0.1) is 0 Å². The number of nitrogens with zero attached hydrogens (tertiary/aromatic N) is 2. The van der Waals surface area contributed by atoms with Crippen LogP contribution in [0.5, 0.6) is 0 Å². The summed E-state index contributed by atoms with van der Waals surface area (Å²) in [5.41, 5.74) is -1.13. The number of nitrogens with one attached hydrogen (secondary N) is 1. The van der Waals surface area contributed by atoms with Gasteiger partial charge in [0, 0.05) is 32.7 Å². The molecule has 4 nitrogen and oxygen atoms in total. The molecular formula is C22H23F6N3O. The Bertz CT molecular complexity index is 918. The summed E-state index contributed by atoms with van der Waals surface area (Å²) in [6.45, 7) is 4.30. The molecule has 1 unspecified atom stereocenters. The molecule has 1 heterocycles. The molecule has 2 aromatic carbocycles. The van der Waals surface area contributed by atoms with Gasteiger partial charge in [-0.25, -0.2) is 0 Å². The number of amides is 1. The number of piperazine rings is 1. The molecule has 32 heavy (non-hydrogen) atoms. The molecule has 1 N–H and O–H groups in total. The first kappa shape index (κ1) is 24.1. The van der Waals surface area contributed by atoms with Gasteiger partial charge < -0.3 is 5.32 Å². The summed E-state index contributed by atoms with van der Waals surface area (Å²) >= 11 is 0. The molecule has 0 aromatic heterocycles. The molecule has 174 valence electrons. The van der Waals surface area contributed by atoms with Crippen LogP contribution in [0.4, 0.5) is 32.0 Å². The van der Waals surface area contributed by atoms with Crippen molar-refractivity contribution < 1.29 is 31.1 Å². The van der Waals surface area contributed by atoms with Crippen LogP contribution in [0.25, 0.3) is 0 Å². The molecule has 0 aliphatic carbocycles. The van der Waals surface area contributed by atoms with Crippen molar-refractivity contribution in [3.8, 4) is 0 Å². The fourth-order valence-corrected chi connectivity index (χ4v) is 3.61. The molecule has 2 aromatic rings. The van der Waals surface area contributed by atoms with Gasteiger partial charge in [-0.1, -0.05) is 24.3 Å². The van der Waals surface area contributed by atoms with Crippen LogP contribution in [0.3, 0.4) is 0 Å². The molecular weight excluding hydrogens is 436 g/mol. The largest absolute Gasteiger partial charge is 0.418 e. The minimum Gasteiger partial charge on any atom is -0.324 e. The van der Waals surface area contributed by atoms with Crippen LogP contribution < -0.4 is 5.32 Å². The predicted octanol–water partition coefficient (Wildman–Crippen LogP) is 4.87. The van der Waals surface area contributed by atoms with E-state index >= 15 is 0 Å². The molecule has 1 saturated heterocycles. The first-order chi connectivity index (χ1) is 14.9. The number of carbonyl (C=O) groups excluding carboxylic acids is 1. The van der Waals surface area contributed by atoms with Gasteiger partial charge in [0.2, 0.25) is 5.91 Å². The van der Waals surface area contributed by atoms with E-state index in [0.717, 1.165) is 23.8 Å². The van der Waals surface area contributed by atoms with Crippen molar-refractivity contribution in [1.82, 2.24) is 9.80 Å². The summed E-state index contributed by atoms with van der Waals surface area (Å²) < 4.78 is 77.4. The monoisotopic (exact) mass is 459 g/mol. The number of rotatable bonds is 5. The Morgan fingerprint density at radius 2 is 1.50 bits per heavy atom. The Labute approximate surface area is 181 Å². The lowest BCUT2D eigenvalue weighted by atomic mass is 10.1. The molecule has 1 aliphatic heterocycles. The van der Waals surface area contributed by atoms with E-state index in [1.165, 1.54) is 30.3 Å². The van der Waals surface area contributed by atoms with E-state index in [2.05, 4.69) is 10.2 Å². The number of anilines is 1. The summed E-state index contributed by atoms with van der Waals surface area (Å²) in [5.74, 6) is -0.530. The van der Waals surface area contributed by atoms with Crippen molar-refractivity contribution in [2.24, 2.45) is 0 Å².